The number of rotatable bonds is 5. The first-order valence-corrected chi connectivity index (χ1v) is 10.5. The number of anilines is 1. The predicted molar refractivity (Wildman–Crippen MR) is 110 cm³/mol. The van der Waals surface area contributed by atoms with E-state index < -0.39 is 6.23 Å². The number of benzene rings is 1. The molecule has 4 rings (SSSR count). The molecule has 2 unspecified atom stereocenters. The van der Waals surface area contributed by atoms with Gasteiger partial charge in [0.2, 0.25) is 0 Å². The highest BCUT2D eigenvalue weighted by atomic mass is 32.1. The molecule has 2 N–H and O–H groups in total. The fraction of sp³-hybridized carbons (Fsp3) is 0.429. The fourth-order valence-corrected chi connectivity index (χ4v) is 4.92. The number of aryl methyl sites for hydroxylation is 1. The van der Waals surface area contributed by atoms with E-state index in [1.165, 1.54) is 22.7 Å². The van der Waals surface area contributed by atoms with Gasteiger partial charge in [0.25, 0.3) is 11.8 Å². The number of carbonyl (C=O) groups is 2. The van der Waals surface area contributed by atoms with E-state index >= 15 is 0 Å². The number of hydrogen-bond acceptors (Lipinski definition) is 5. The molecule has 0 spiro atoms. The van der Waals surface area contributed by atoms with Crippen molar-refractivity contribution in [2.45, 2.75) is 38.5 Å². The van der Waals surface area contributed by atoms with Crippen molar-refractivity contribution in [2.75, 3.05) is 25.5 Å². The summed E-state index contributed by atoms with van der Waals surface area (Å²) >= 11 is 1.42. The lowest BCUT2D eigenvalue weighted by Crippen LogP contribution is -2.34. The van der Waals surface area contributed by atoms with Crippen molar-refractivity contribution in [3.63, 3.8) is 0 Å². The van der Waals surface area contributed by atoms with E-state index in [9.17, 15) is 14.7 Å². The molecule has 2 aromatic rings. The standard InChI is InChI=1S/C21H25N3O3S/c1-13-8-9-17(28-13)19(25)22-16-7-3-6-15-18(16)21(27)24(20(15)26)12-10-14-5-4-11-23(14)2/h3,6-9,14,21,27H,4-5,10-12H2,1-2H3,(H,22,25). The zero-order chi connectivity index (χ0) is 19.8. The van der Waals surface area contributed by atoms with Gasteiger partial charge in [-0.05, 0) is 64.0 Å². The molecule has 2 aliphatic heterocycles. The third-order valence-electron chi connectivity index (χ3n) is 5.74. The highest BCUT2D eigenvalue weighted by Gasteiger charge is 2.38. The van der Waals surface area contributed by atoms with Gasteiger partial charge in [0.1, 0.15) is 0 Å². The van der Waals surface area contributed by atoms with Gasteiger partial charge in [-0.25, -0.2) is 0 Å². The maximum atomic E-state index is 12.8. The highest BCUT2D eigenvalue weighted by molar-refractivity contribution is 7.14. The topological polar surface area (TPSA) is 72.9 Å². The van der Waals surface area contributed by atoms with E-state index in [1.807, 2.05) is 13.0 Å². The Balaban J connectivity index is 1.52. The molecule has 1 saturated heterocycles. The number of hydrogen-bond donors (Lipinski definition) is 2. The maximum absolute atomic E-state index is 12.8. The van der Waals surface area contributed by atoms with Crippen LogP contribution in [0, 0.1) is 6.92 Å². The zero-order valence-electron chi connectivity index (χ0n) is 16.1. The summed E-state index contributed by atoms with van der Waals surface area (Å²) in [5.74, 6) is -0.400. The van der Waals surface area contributed by atoms with E-state index in [-0.39, 0.29) is 11.8 Å². The summed E-state index contributed by atoms with van der Waals surface area (Å²) in [6.07, 6.45) is 2.11. The number of aliphatic hydroxyl groups is 1. The Kier molecular flexibility index (Phi) is 5.23. The molecule has 28 heavy (non-hydrogen) atoms. The Morgan fingerprint density at radius 2 is 2.14 bits per heavy atom. The van der Waals surface area contributed by atoms with Crippen molar-refractivity contribution in [3.8, 4) is 0 Å². The van der Waals surface area contributed by atoms with E-state index in [2.05, 4.69) is 17.3 Å². The third-order valence-corrected chi connectivity index (χ3v) is 6.74. The minimum absolute atomic E-state index is 0.175. The van der Waals surface area contributed by atoms with Crippen molar-refractivity contribution >= 4 is 28.8 Å². The normalized spacial score (nSPS) is 22.0. The molecule has 0 radical (unpaired) electrons. The Labute approximate surface area is 168 Å². The van der Waals surface area contributed by atoms with Gasteiger partial charge < -0.3 is 20.2 Å². The molecule has 7 heteroatoms. The third kappa shape index (κ3) is 3.45. The van der Waals surface area contributed by atoms with E-state index in [1.54, 1.807) is 24.3 Å². The van der Waals surface area contributed by atoms with Crippen LogP contribution in [-0.4, -0.2) is 52.9 Å². The minimum Gasteiger partial charge on any atom is -0.369 e. The monoisotopic (exact) mass is 399 g/mol. The van der Waals surface area contributed by atoms with Crippen LogP contribution >= 0.6 is 11.3 Å². The molecule has 0 aliphatic carbocycles. The molecule has 0 bridgehead atoms. The Hall–Kier alpha value is -2.22. The lowest BCUT2D eigenvalue weighted by atomic mass is 10.1. The highest BCUT2D eigenvalue weighted by Crippen LogP contribution is 2.37. The molecule has 2 atom stereocenters. The summed E-state index contributed by atoms with van der Waals surface area (Å²) in [6.45, 7) is 3.53. The van der Waals surface area contributed by atoms with E-state index in [0.717, 1.165) is 24.3 Å². The maximum Gasteiger partial charge on any atom is 0.265 e. The van der Waals surface area contributed by atoms with Gasteiger partial charge in [-0.15, -0.1) is 11.3 Å². The number of carbonyl (C=O) groups excluding carboxylic acids is 2. The summed E-state index contributed by atoms with van der Waals surface area (Å²) < 4.78 is 0. The summed E-state index contributed by atoms with van der Waals surface area (Å²) in [6, 6.07) is 9.33. The number of nitrogens with zero attached hydrogens (tertiary/aromatic N) is 2. The van der Waals surface area contributed by atoms with Gasteiger partial charge in [0.05, 0.1) is 4.88 Å². The lowest BCUT2D eigenvalue weighted by Gasteiger charge is -2.25. The summed E-state index contributed by atoms with van der Waals surface area (Å²) in [7, 11) is 2.11. The van der Waals surface area contributed by atoms with Gasteiger partial charge in [-0.1, -0.05) is 6.07 Å². The zero-order valence-corrected chi connectivity index (χ0v) is 17.0. The van der Waals surface area contributed by atoms with Crippen LogP contribution in [0.5, 0.6) is 0 Å². The Morgan fingerprint density at radius 1 is 1.32 bits per heavy atom. The van der Waals surface area contributed by atoms with Gasteiger partial charge in [-0.3, -0.25) is 9.59 Å². The van der Waals surface area contributed by atoms with Gasteiger partial charge in [-0.2, -0.15) is 0 Å². The molecule has 0 saturated carbocycles. The first-order valence-electron chi connectivity index (χ1n) is 9.65. The number of aliphatic hydroxyl groups excluding tert-OH is 1. The van der Waals surface area contributed by atoms with Crippen LogP contribution in [0.1, 0.15) is 56.0 Å². The second-order valence-electron chi connectivity index (χ2n) is 7.57. The molecular weight excluding hydrogens is 374 g/mol. The number of thiophene rings is 1. The van der Waals surface area contributed by atoms with Crippen molar-refractivity contribution < 1.29 is 14.7 Å². The molecule has 3 heterocycles. The number of fused-ring (bicyclic) bond motifs is 1. The molecule has 2 aliphatic rings. The molecule has 1 fully saturated rings. The van der Waals surface area contributed by atoms with Crippen LogP contribution in [0.15, 0.2) is 30.3 Å². The average Bonchev–Trinajstić information content (AvgIpc) is 3.34. The molecule has 148 valence electrons. The lowest BCUT2D eigenvalue weighted by molar-refractivity contribution is 0.0152. The molecule has 1 aromatic heterocycles. The second kappa shape index (κ2) is 7.66. The summed E-state index contributed by atoms with van der Waals surface area (Å²) in [5, 5.41) is 13.7. The van der Waals surface area contributed by atoms with Crippen molar-refractivity contribution in [1.29, 1.82) is 0 Å². The summed E-state index contributed by atoms with van der Waals surface area (Å²) in [4.78, 5) is 30.9. The van der Waals surface area contributed by atoms with Gasteiger partial charge in [0, 0.05) is 34.3 Å². The van der Waals surface area contributed by atoms with Gasteiger partial charge >= 0.3 is 0 Å². The van der Waals surface area contributed by atoms with E-state index in [0.29, 0.717) is 34.3 Å². The predicted octanol–water partition coefficient (Wildman–Crippen LogP) is 3.24. The van der Waals surface area contributed by atoms with Crippen molar-refractivity contribution in [3.05, 3.63) is 51.2 Å². The van der Waals surface area contributed by atoms with Crippen LogP contribution in [0.4, 0.5) is 5.69 Å². The number of nitrogens with one attached hydrogen (secondary N) is 1. The van der Waals surface area contributed by atoms with Crippen LogP contribution in [-0.2, 0) is 0 Å². The smallest absolute Gasteiger partial charge is 0.265 e. The molecular formula is C21H25N3O3S. The van der Waals surface area contributed by atoms with Crippen LogP contribution in [0.3, 0.4) is 0 Å². The largest absolute Gasteiger partial charge is 0.369 e. The van der Waals surface area contributed by atoms with E-state index in [4.69, 9.17) is 0 Å². The molecule has 6 nitrogen and oxygen atoms in total. The first-order chi connectivity index (χ1) is 13.5. The minimum atomic E-state index is -1.03. The Bertz CT molecular complexity index is 910. The second-order valence-corrected chi connectivity index (χ2v) is 8.86. The molecule has 2 amide bonds. The van der Waals surface area contributed by atoms with Crippen molar-refractivity contribution in [1.82, 2.24) is 9.80 Å². The number of amides is 2. The SMILES string of the molecule is Cc1ccc(C(=O)Nc2cccc3c2C(O)N(CCC2CCCN2C)C3=O)s1. The quantitative estimate of drug-likeness (QED) is 0.810. The van der Waals surface area contributed by atoms with Crippen LogP contribution in [0.2, 0.25) is 0 Å². The summed E-state index contributed by atoms with van der Waals surface area (Å²) in [5.41, 5.74) is 1.45. The van der Waals surface area contributed by atoms with Crippen LogP contribution in [0.25, 0.3) is 0 Å². The molecule has 1 aromatic carbocycles. The Morgan fingerprint density at radius 3 is 2.82 bits per heavy atom. The van der Waals surface area contributed by atoms with Crippen molar-refractivity contribution in [2.24, 2.45) is 0 Å². The average molecular weight is 400 g/mol. The van der Waals surface area contributed by atoms with Crippen LogP contribution < -0.4 is 5.32 Å². The number of likely N-dealkylation sites (tertiary alicyclic amines) is 1. The fourth-order valence-electron chi connectivity index (χ4n) is 4.16. The first kappa shape index (κ1) is 19.1. The van der Waals surface area contributed by atoms with Gasteiger partial charge in [0.15, 0.2) is 6.23 Å².